The largest absolute Gasteiger partial charge is 0.471 e. The lowest BCUT2D eigenvalue weighted by Gasteiger charge is -2.06. The van der Waals surface area contributed by atoms with Gasteiger partial charge in [0.05, 0.1) is 6.54 Å². The Morgan fingerprint density at radius 1 is 1.17 bits per heavy atom. The van der Waals surface area contributed by atoms with Crippen LogP contribution in [0.3, 0.4) is 0 Å². The van der Waals surface area contributed by atoms with Gasteiger partial charge in [0.1, 0.15) is 4.88 Å². The molecule has 1 rings (SSSR count). The highest BCUT2D eigenvalue weighted by molar-refractivity contribution is 7.97. The molecule has 0 aliphatic rings. The predicted molar refractivity (Wildman–Crippen MR) is 72.2 cm³/mol. The molecule has 13 heteroatoms. The van der Waals surface area contributed by atoms with Crippen molar-refractivity contribution in [2.24, 2.45) is 4.99 Å². The van der Waals surface area contributed by atoms with Crippen LogP contribution in [-0.2, 0) is 17.5 Å². The fraction of sp³-hybridized carbons (Fsp3) is 0.300. The second-order valence-electron chi connectivity index (χ2n) is 3.81. The third kappa shape index (κ3) is 6.48. The number of nitrogens with one attached hydrogen (secondary N) is 2. The highest BCUT2D eigenvalue weighted by Gasteiger charge is 2.39. The van der Waals surface area contributed by atoms with Crippen molar-refractivity contribution in [3.63, 3.8) is 0 Å². The van der Waals surface area contributed by atoms with E-state index in [2.05, 4.69) is 17.6 Å². The van der Waals surface area contributed by atoms with Gasteiger partial charge in [-0.1, -0.05) is 0 Å². The summed E-state index contributed by atoms with van der Waals surface area (Å²) in [5.74, 6) is -2.37. The fourth-order valence-corrected chi connectivity index (χ4v) is 2.13. The molecular weight excluding hydrogens is 372 g/mol. The minimum Gasteiger partial charge on any atom is -0.331 e. The SMILES string of the molecule is O=C(/N=C(\S)NC(=O)C(F)(F)F)NCc1ccc(C(F)(F)F)s1. The molecule has 1 heterocycles. The zero-order valence-corrected chi connectivity index (χ0v) is 12.5. The van der Waals surface area contributed by atoms with Gasteiger partial charge in [0.2, 0.25) is 0 Å². The first-order valence-corrected chi connectivity index (χ1v) is 6.75. The van der Waals surface area contributed by atoms with Gasteiger partial charge in [0.25, 0.3) is 0 Å². The van der Waals surface area contributed by atoms with Crippen LogP contribution in [0.2, 0.25) is 0 Å². The van der Waals surface area contributed by atoms with Gasteiger partial charge in [0.15, 0.2) is 5.17 Å². The van der Waals surface area contributed by atoms with Crippen LogP contribution in [0, 0.1) is 0 Å². The topological polar surface area (TPSA) is 70.6 Å². The Kier molecular flexibility index (Phi) is 6.04. The van der Waals surface area contributed by atoms with Crippen LogP contribution in [0.1, 0.15) is 9.75 Å². The van der Waals surface area contributed by atoms with Crippen LogP contribution >= 0.6 is 24.0 Å². The molecule has 23 heavy (non-hydrogen) atoms. The summed E-state index contributed by atoms with van der Waals surface area (Å²) in [5, 5.41) is 2.35. The van der Waals surface area contributed by atoms with Crippen molar-refractivity contribution in [3.05, 3.63) is 21.9 Å². The number of amidine groups is 1. The molecule has 1 aromatic rings. The van der Waals surface area contributed by atoms with Crippen LogP contribution in [0.25, 0.3) is 0 Å². The Morgan fingerprint density at radius 3 is 2.26 bits per heavy atom. The van der Waals surface area contributed by atoms with Crippen LogP contribution in [0.4, 0.5) is 31.1 Å². The smallest absolute Gasteiger partial charge is 0.331 e. The van der Waals surface area contributed by atoms with E-state index in [1.807, 2.05) is 5.32 Å². The maximum Gasteiger partial charge on any atom is 0.471 e. The first-order valence-electron chi connectivity index (χ1n) is 5.49. The van der Waals surface area contributed by atoms with Crippen molar-refractivity contribution in [1.82, 2.24) is 10.6 Å². The Bertz CT molecular complexity index is 623. The Hall–Kier alpha value is -1.76. The van der Waals surface area contributed by atoms with Gasteiger partial charge in [-0.15, -0.1) is 24.0 Å². The van der Waals surface area contributed by atoms with E-state index in [0.29, 0.717) is 11.3 Å². The number of urea groups is 1. The lowest BCUT2D eigenvalue weighted by atomic mass is 10.4. The summed E-state index contributed by atoms with van der Waals surface area (Å²) >= 11 is 3.76. The average molecular weight is 379 g/mol. The molecule has 0 atom stereocenters. The van der Waals surface area contributed by atoms with Crippen molar-refractivity contribution in [3.8, 4) is 0 Å². The number of thiophene rings is 1. The van der Waals surface area contributed by atoms with E-state index in [9.17, 15) is 35.9 Å². The number of carbonyl (C=O) groups is 2. The van der Waals surface area contributed by atoms with E-state index in [1.165, 1.54) is 5.32 Å². The number of aliphatic imine (C=N–C) groups is 1. The highest BCUT2D eigenvalue weighted by atomic mass is 32.1. The maximum atomic E-state index is 12.3. The summed E-state index contributed by atoms with van der Waals surface area (Å²) < 4.78 is 72.8. The summed E-state index contributed by atoms with van der Waals surface area (Å²) in [5.41, 5.74) is 0. The number of hydrogen-bond donors (Lipinski definition) is 3. The Morgan fingerprint density at radius 2 is 1.78 bits per heavy atom. The minimum atomic E-state index is -5.18. The maximum absolute atomic E-state index is 12.3. The number of hydrogen-bond acceptors (Lipinski definition) is 3. The van der Waals surface area contributed by atoms with Gasteiger partial charge in [-0.25, -0.2) is 4.79 Å². The molecule has 0 saturated heterocycles. The summed E-state index contributed by atoms with van der Waals surface area (Å²) in [6.07, 6.45) is -9.68. The summed E-state index contributed by atoms with van der Waals surface area (Å²) in [7, 11) is 0. The second-order valence-corrected chi connectivity index (χ2v) is 5.40. The van der Waals surface area contributed by atoms with Gasteiger partial charge in [-0.2, -0.15) is 31.3 Å². The number of alkyl halides is 6. The monoisotopic (exact) mass is 379 g/mol. The molecule has 0 unspecified atom stereocenters. The van der Waals surface area contributed by atoms with E-state index < -0.39 is 34.3 Å². The fourth-order valence-electron chi connectivity index (χ4n) is 1.12. The van der Waals surface area contributed by atoms with E-state index in [1.54, 1.807) is 0 Å². The first-order chi connectivity index (χ1) is 10.4. The number of carbonyl (C=O) groups excluding carboxylic acids is 2. The average Bonchev–Trinajstić information content (AvgIpc) is 2.83. The molecule has 0 bridgehead atoms. The van der Waals surface area contributed by atoms with Gasteiger partial charge < -0.3 is 5.32 Å². The second kappa shape index (κ2) is 7.21. The van der Waals surface area contributed by atoms with Crippen molar-refractivity contribution in [2.75, 3.05) is 0 Å². The van der Waals surface area contributed by atoms with Crippen LogP contribution in [-0.4, -0.2) is 23.3 Å². The molecule has 0 fully saturated rings. The number of rotatable bonds is 2. The highest BCUT2D eigenvalue weighted by Crippen LogP contribution is 2.34. The van der Waals surface area contributed by atoms with Crippen molar-refractivity contribution >= 4 is 41.1 Å². The molecule has 0 spiro atoms. The summed E-state index contributed by atoms with van der Waals surface area (Å²) in [6, 6.07) is 0.771. The molecule has 0 saturated carbocycles. The Balaban J connectivity index is 2.55. The van der Waals surface area contributed by atoms with Crippen LogP contribution in [0.15, 0.2) is 17.1 Å². The number of amides is 3. The molecule has 3 amide bonds. The van der Waals surface area contributed by atoms with Crippen molar-refractivity contribution in [1.29, 1.82) is 0 Å². The number of thiol groups is 1. The molecular formula is C10H7F6N3O2S2. The normalized spacial score (nSPS) is 12.9. The zero-order chi connectivity index (χ0) is 17.8. The Labute approximate surface area is 134 Å². The van der Waals surface area contributed by atoms with Gasteiger partial charge >= 0.3 is 24.3 Å². The van der Waals surface area contributed by atoms with Gasteiger partial charge in [-0.3, -0.25) is 10.1 Å². The summed E-state index contributed by atoms with van der Waals surface area (Å²) in [6.45, 7) is -0.322. The third-order valence-electron chi connectivity index (χ3n) is 2.05. The minimum absolute atomic E-state index is 0.154. The molecule has 0 aromatic carbocycles. The summed E-state index contributed by atoms with van der Waals surface area (Å²) in [4.78, 5) is 24.1. The van der Waals surface area contributed by atoms with Gasteiger partial charge in [-0.05, 0) is 12.1 Å². The molecule has 1 aromatic heterocycles. The van der Waals surface area contributed by atoms with Crippen molar-refractivity contribution in [2.45, 2.75) is 18.9 Å². The molecule has 0 aliphatic carbocycles. The van der Waals surface area contributed by atoms with Gasteiger partial charge in [0, 0.05) is 4.88 Å². The van der Waals surface area contributed by atoms with E-state index in [-0.39, 0.29) is 11.4 Å². The predicted octanol–water partition coefficient (Wildman–Crippen LogP) is 2.94. The zero-order valence-electron chi connectivity index (χ0n) is 10.7. The molecule has 0 radical (unpaired) electrons. The first kappa shape index (κ1) is 19.3. The third-order valence-corrected chi connectivity index (χ3v) is 3.39. The number of halogens is 6. The van der Waals surface area contributed by atoms with Crippen molar-refractivity contribution < 1.29 is 35.9 Å². The lowest BCUT2D eigenvalue weighted by Crippen LogP contribution is -2.39. The quantitative estimate of drug-likeness (QED) is 0.320. The molecule has 128 valence electrons. The van der Waals surface area contributed by atoms with Crippen LogP contribution in [0.5, 0.6) is 0 Å². The van der Waals surface area contributed by atoms with E-state index >= 15 is 0 Å². The molecule has 5 nitrogen and oxygen atoms in total. The lowest BCUT2D eigenvalue weighted by molar-refractivity contribution is -0.171. The van der Waals surface area contributed by atoms with E-state index in [4.69, 9.17) is 0 Å². The molecule has 0 aliphatic heterocycles. The molecule has 2 N–H and O–H groups in total. The van der Waals surface area contributed by atoms with Crippen LogP contribution < -0.4 is 10.6 Å². The van der Waals surface area contributed by atoms with E-state index in [0.717, 1.165) is 12.1 Å². The standard InChI is InChI=1S/C10H7F6N3O2S2/c11-9(12,13)5-2-1-4(23-5)3-17-7(21)19-8(22)18-6(20)10(14,15)16/h1-2H,3H2,(H3,17,18,19,20,21,22). The number of nitrogens with zero attached hydrogens (tertiary/aromatic N) is 1.